The number of nitrogens with two attached hydrogens (primary N) is 1. The van der Waals surface area contributed by atoms with Gasteiger partial charge in [-0.1, -0.05) is 6.07 Å². The first-order valence-electron chi connectivity index (χ1n) is 5.31. The number of nitrogen functional groups attached to an aromatic ring is 1. The number of hydrogen-bond donors (Lipinski definition) is 2. The summed E-state index contributed by atoms with van der Waals surface area (Å²) in [6.07, 6.45) is 0. The predicted molar refractivity (Wildman–Crippen MR) is 75.4 cm³/mol. The van der Waals surface area contributed by atoms with Gasteiger partial charge in [0.1, 0.15) is 11.1 Å². The molecule has 0 saturated carbocycles. The van der Waals surface area contributed by atoms with Gasteiger partial charge in [0.2, 0.25) is 0 Å². The van der Waals surface area contributed by atoms with Crippen molar-refractivity contribution in [3.63, 3.8) is 0 Å². The minimum Gasteiger partial charge on any atom is -0.398 e. The molecule has 0 amide bonds. The Bertz CT molecular complexity index is 758. The van der Waals surface area contributed by atoms with E-state index in [4.69, 9.17) is 11.0 Å². The number of thiophene rings is 1. The fraction of sp³-hybridized carbons (Fsp3) is 0.0833. The molecule has 2 aromatic rings. The van der Waals surface area contributed by atoms with Crippen molar-refractivity contribution in [1.29, 1.82) is 5.26 Å². The molecule has 0 aliphatic carbocycles. The third-order valence-electron chi connectivity index (χ3n) is 2.63. The Labute approximate surface area is 115 Å². The maximum absolute atomic E-state index is 12.3. The standard InChI is InChI=1S/C12H11N3O2S2/c1-8-10(14)3-2-4-11(8)19(16,17)15-12-9(7-13)5-6-18-12/h2-6,15H,14H2,1H3. The van der Waals surface area contributed by atoms with Crippen LogP contribution in [0, 0.1) is 18.3 Å². The number of hydrogen-bond acceptors (Lipinski definition) is 5. The van der Waals surface area contributed by atoms with Gasteiger partial charge in [-0.05, 0) is 36.1 Å². The quantitative estimate of drug-likeness (QED) is 0.849. The molecule has 1 heterocycles. The highest BCUT2D eigenvalue weighted by Crippen LogP contribution is 2.27. The topological polar surface area (TPSA) is 96.0 Å². The highest BCUT2D eigenvalue weighted by molar-refractivity contribution is 7.93. The normalized spacial score (nSPS) is 10.9. The smallest absolute Gasteiger partial charge is 0.262 e. The zero-order valence-corrected chi connectivity index (χ0v) is 11.7. The average Bonchev–Trinajstić information content (AvgIpc) is 2.78. The summed E-state index contributed by atoms with van der Waals surface area (Å²) < 4.78 is 27.0. The molecule has 0 atom stereocenters. The molecule has 0 aliphatic rings. The van der Waals surface area contributed by atoms with Crippen molar-refractivity contribution in [3.8, 4) is 6.07 Å². The number of anilines is 2. The number of sulfonamides is 1. The van der Waals surface area contributed by atoms with Crippen molar-refractivity contribution >= 4 is 32.0 Å². The van der Waals surface area contributed by atoms with Crippen LogP contribution in [0.2, 0.25) is 0 Å². The van der Waals surface area contributed by atoms with E-state index < -0.39 is 10.0 Å². The van der Waals surface area contributed by atoms with Gasteiger partial charge in [0, 0.05) is 5.69 Å². The number of nitriles is 1. The lowest BCUT2D eigenvalue weighted by Crippen LogP contribution is -2.14. The lowest BCUT2D eigenvalue weighted by molar-refractivity contribution is 0.601. The maximum Gasteiger partial charge on any atom is 0.262 e. The first-order valence-corrected chi connectivity index (χ1v) is 7.67. The largest absolute Gasteiger partial charge is 0.398 e. The monoisotopic (exact) mass is 293 g/mol. The van der Waals surface area contributed by atoms with Gasteiger partial charge >= 0.3 is 0 Å². The summed E-state index contributed by atoms with van der Waals surface area (Å²) in [6.45, 7) is 1.64. The van der Waals surface area contributed by atoms with Crippen molar-refractivity contribution in [2.75, 3.05) is 10.5 Å². The summed E-state index contributed by atoms with van der Waals surface area (Å²) in [5.74, 6) is 0. The number of nitrogens with zero attached hydrogens (tertiary/aromatic N) is 1. The molecule has 98 valence electrons. The summed E-state index contributed by atoms with van der Waals surface area (Å²) in [4.78, 5) is 0.116. The van der Waals surface area contributed by atoms with Gasteiger partial charge in [0.25, 0.3) is 10.0 Å². The molecule has 0 spiro atoms. The van der Waals surface area contributed by atoms with Crippen molar-refractivity contribution in [3.05, 3.63) is 40.8 Å². The highest BCUT2D eigenvalue weighted by Gasteiger charge is 2.19. The molecule has 19 heavy (non-hydrogen) atoms. The number of benzene rings is 1. The van der Waals surface area contributed by atoms with Crippen molar-refractivity contribution in [2.45, 2.75) is 11.8 Å². The first kappa shape index (κ1) is 13.4. The number of nitrogens with one attached hydrogen (secondary N) is 1. The van der Waals surface area contributed by atoms with Crippen LogP contribution in [0.4, 0.5) is 10.7 Å². The second-order valence-electron chi connectivity index (χ2n) is 3.85. The molecule has 0 radical (unpaired) electrons. The Morgan fingerprint density at radius 3 is 2.79 bits per heavy atom. The van der Waals surface area contributed by atoms with Crippen LogP contribution in [-0.2, 0) is 10.0 Å². The van der Waals surface area contributed by atoms with Crippen LogP contribution in [0.5, 0.6) is 0 Å². The Kier molecular flexibility index (Phi) is 3.46. The summed E-state index contributed by atoms with van der Waals surface area (Å²) >= 11 is 1.16. The summed E-state index contributed by atoms with van der Waals surface area (Å²) in [5.41, 5.74) is 6.91. The molecular weight excluding hydrogens is 282 g/mol. The molecule has 1 aromatic carbocycles. The molecule has 0 fully saturated rings. The summed E-state index contributed by atoms with van der Waals surface area (Å²) in [5, 5.41) is 10.8. The molecule has 0 bridgehead atoms. The van der Waals surface area contributed by atoms with E-state index >= 15 is 0 Å². The van der Waals surface area contributed by atoms with Crippen molar-refractivity contribution in [1.82, 2.24) is 0 Å². The van der Waals surface area contributed by atoms with Gasteiger partial charge in [0.05, 0.1) is 10.5 Å². The molecule has 3 N–H and O–H groups in total. The Morgan fingerprint density at radius 2 is 2.11 bits per heavy atom. The second kappa shape index (κ2) is 4.91. The van der Waals surface area contributed by atoms with Crippen LogP contribution in [0.15, 0.2) is 34.5 Å². The van der Waals surface area contributed by atoms with E-state index in [9.17, 15) is 8.42 Å². The Morgan fingerprint density at radius 1 is 1.37 bits per heavy atom. The van der Waals surface area contributed by atoms with E-state index in [2.05, 4.69) is 4.72 Å². The SMILES string of the molecule is Cc1c(N)cccc1S(=O)(=O)Nc1sccc1C#N. The first-order chi connectivity index (χ1) is 8.95. The van der Waals surface area contributed by atoms with Gasteiger partial charge < -0.3 is 5.73 Å². The zero-order valence-electron chi connectivity index (χ0n) is 10.0. The zero-order chi connectivity index (χ0) is 14.0. The highest BCUT2D eigenvalue weighted by atomic mass is 32.2. The number of rotatable bonds is 3. The Hall–Kier alpha value is -2.04. The molecule has 0 aliphatic heterocycles. The third kappa shape index (κ3) is 2.54. The summed E-state index contributed by atoms with van der Waals surface area (Å²) in [6, 6.07) is 8.20. The maximum atomic E-state index is 12.3. The minimum absolute atomic E-state index is 0.116. The van der Waals surface area contributed by atoms with Crippen molar-refractivity contribution < 1.29 is 8.42 Å². The van der Waals surface area contributed by atoms with Gasteiger partial charge in [0.15, 0.2) is 0 Å². The molecule has 7 heteroatoms. The average molecular weight is 293 g/mol. The van der Waals surface area contributed by atoms with E-state index in [1.165, 1.54) is 6.07 Å². The minimum atomic E-state index is -3.74. The van der Waals surface area contributed by atoms with E-state index in [0.717, 1.165) is 11.3 Å². The van der Waals surface area contributed by atoms with Gasteiger partial charge in [-0.2, -0.15) is 5.26 Å². The van der Waals surface area contributed by atoms with Crippen LogP contribution in [0.25, 0.3) is 0 Å². The molecule has 0 saturated heterocycles. The van der Waals surface area contributed by atoms with E-state index in [-0.39, 0.29) is 4.90 Å². The van der Waals surface area contributed by atoms with Gasteiger partial charge in [-0.3, -0.25) is 4.72 Å². The van der Waals surface area contributed by atoms with Gasteiger partial charge in [-0.15, -0.1) is 11.3 Å². The third-order valence-corrected chi connectivity index (χ3v) is 5.08. The fourth-order valence-electron chi connectivity index (χ4n) is 1.58. The molecule has 2 rings (SSSR count). The van der Waals surface area contributed by atoms with E-state index in [1.807, 2.05) is 6.07 Å². The van der Waals surface area contributed by atoms with E-state index in [1.54, 1.807) is 30.5 Å². The van der Waals surface area contributed by atoms with Crippen LogP contribution >= 0.6 is 11.3 Å². The lowest BCUT2D eigenvalue weighted by Gasteiger charge is -2.10. The Balaban J connectivity index is 2.45. The van der Waals surface area contributed by atoms with Crippen LogP contribution in [0.1, 0.15) is 11.1 Å². The van der Waals surface area contributed by atoms with Crippen LogP contribution in [-0.4, -0.2) is 8.42 Å². The molecule has 1 aromatic heterocycles. The van der Waals surface area contributed by atoms with Crippen LogP contribution < -0.4 is 10.5 Å². The molecule has 5 nitrogen and oxygen atoms in total. The molecule has 0 unspecified atom stereocenters. The molecular formula is C12H11N3O2S2. The van der Waals surface area contributed by atoms with Gasteiger partial charge in [-0.25, -0.2) is 8.42 Å². The summed E-state index contributed by atoms with van der Waals surface area (Å²) in [7, 11) is -3.74. The predicted octanol–water partition coefficient (Wildman–Crippen LogP) is 2.31. The van der Waals surface area contributed by atoms with Crippen LogP contribution in [0.3, 0.4) is 0 Å². The second-order valence-corrected chi connectivity index (χ2v) is 6.42. The fourth-order valence-corrected chi connectivity index (χ4v) is 3.92. The lowest BCUT2D eigenvalue weighted by atomic mass is 10.2. The van der Waals surface area contributed by atoms with Crippen molar-refractivity contribution in [2.24, 2.45) is 0 Å². The van der Waals surface area contributed by atoms with E-state index in [0.29, 0.717) is 21.8 Å².